The van der Waals surface area contributed by atoms with Crippen LogP contribution in [-0.2, 0) is 0 Å². The van der Waals surface area contributed by atoms with Gasteiger partial charge >= 0.3 is 0 Å². The summed E-state index contributed by atoms with van der Waals surface area (Å²) < 4.78 is 0. The molecule has 2 N–H and O–H groups in total. The van der Waals surface area contributed by atoms with Crippen molar-refractivity contribution in [3.05, 3.63) is 35.9 Å². The van der Waals surface area contributed by atoms with Crippen LogP contribution in [0.15, 0.2) is 30.3 Å². The lowest BCUT2D eigenvalue weighted by Gasteiger charge is -2.31. The van der Waals surface area contributed by atoms with Gasteiger partial charge < -0.3 is 10.2 Å². The van der Waals surface area contributed by atoms with E-state index in [1.54, 1.807) is 0 Å². The molecular weight excluding hydrogens is 292 g/mol. The third kappa shape index (κ3) is 5.79. The molecule has 0 saturated carbocycles. The van der Waals surface area contributed by atoms with Gasteiger partial charge in [0.05, 0.1) is 8.07 Å². The lowest BCUT2D eigenvalue weighted by molar-refractivity contribution is 0.355. The molecular formula is C17H28O2Si2. The number of aliphatic hydroxyl groups is 2. The number of benzene rings is 1. The number of rotatable bonds is 6. The van der Waals surface area contributed by atoms with E-state index in [2.05, 4.69) is 61.9 Å². The zero-order chi connectivity index (χ0) is 15.9. The molecule has 21 heavy (non-hydrogen) atoms. The maximum atomic E-state index is 9.75. The highest BCUT2D eigenvalue weighted by molar-refractivity contribution is 6.85. The minimum Gasteiger partial charge on any atom is -0.400 e. The summed E-state index contributed by atoms with van der Waals surface area (Å²) in [5, 5.41) is 19.0. The second-order valence-electron chi connectivity index (χ2n) is 6.99. The molecule has 0 heterocycles. The minimum absolute atomic E-state index is 0.221. The van der Waals surface area contributed by atoms with Gasteiger partial charge in [0.25, 0.3) is 0 Å². The van der Waals surface area contributed by atoms with Gasteiger partial charge in [0.2, 0.25) is 0 Å². The Bertz CT molecular complexity index is 487. The zero-order valence-corrected chi connectivity index (χ0v) is 15.7. The van der Waals surface area contributed by atoms with Crippen LogP contribution >= 0.6 is 0 Å². The van der Waals surface area contributed by atoms with Gasteiger partial charge in [-0.05, 0) is 17.5 Å². The highest BCUT2D eigenvalue weighted by Gasteiger charge is 2.31. The van der Waals surface area contributed by atoms with Crippen LogP contribution in [-0.4, -0.2) is 38.8 Å². The van der Waals surface area contributed by atoms with Crippen LogP contribution in [0.4, 0.5) is 0 Å². The first kappa shape index (κ1) is 18.2. The molecule has 0 fully saturated rings. The molecule has 0 saturated heterocycles. The molecule has 1 unspecified atom stereocenters. The van der Waals surface area contributed by atoms with Gasteiger partial charge in [0.1, 0.15) is 0 Å². The molecule has 0 aromatic heterocycles. The summed E-state index contributed by atoms with van der Waals surface area (Å²) in [7, 11) is -3.43. The fourth-order valence-corrected chi connectivity index (χ4v) is 5.29. The van der Waals surface area contributed by atoms with Gasteiger partial charge in [0.15, 0.2) is 8.07 Å². The first-order valence-corrected chi connectivity index (χ1v) is 14.1. The number of aliphatic hydroxyl groups excluding tert-OH is 2. The minimum atomic E-state index is -1.73. The molecule has 0 bridgehead atoms. The molecule has 4 heteroatoms. The summed E-state index contributed by atoms with van der Waals surface area (Å²) in [6, 6.07) is 10.5. The molecule has 2 nitrogen and oxygen atoms in total. The molecule has 1 atom stereocenters. The highest BCUT2D eigenvalue weighted by atomic mass is 28.3. The van der Waals surface area contributed by atoms with Crippen LogP contribution in [0.1, 0.15) is 23.9 Å². The predicted molar refractivity (Wildman–Crippen MR) is 95.3 cm³/mol. The Kier molecular flexibility index (Phi) is 6.88. The normalized spacial score (nSPS) is 13.4. The Labute approximate surface area is 131 Å². The molecule has 0 radical (unpaired) electrons. The molecule has 0 amide bonds. The van der Waals surface area contributed by atoms with E-state index in [1.165, 1.54) is 5.56 Å². The molecule has 1 aromatic rings. The topological polar surface area (TPSA) is 40.5 Å². The lowest BCUT2D eigenvalue weighted by atomic mass is 10.1. The fourth-order valence-electron chi connectivity index (χ4n) is 2.36. The van der Waals surface area contributed by atoms with Crippen LogP contribution in [0.2, 0.25) is 26.2 Å². The van der Waals surface area contributed by atoms with Gasteiger partial charge in [-0.25, -0.2) is 0 Å². The largest absolute Gasteiger partial charge is 0.400 e. The Morgan fingerprint density at radius 2 is 1.62 bits per heavy atom. The fraction of sp³-hybridized carbons (Fsp3) is 0.529. The SMILES string of the molecule is C[Si](C)(C#CCCC(c1ccccc1)[Si](C)(C)CO)CO. The van der Waals surface area contributed by atoms with Crippen molar-refractivity contribution in [2.75, 3.05) is 12.5 Å². The summed E-state index contributed by atoms with van der Waals surface area (Å²) in [4.78, 5) is 0. The van der Waals surface area contributed by atoms with Crippen molar-refractivity contribution in [1.29, 1.82) is 0 Å². The summed E-state index contributed by atoms with van der Waals surface area (Å²) in [6.45, 7) is 8.65. The van der Waals surface area contributed by atoms with Crippen LogP contribution in [0, 0.1) is 11.5 Å². The third-order valence-corrected chi connectivity index (χ3v) is 8.90. The maximum Gasteiger partial charge on any atom is 0.158 e. The number of hydrogen-bond donors (Lipinski definition) is 2. The van der Waals surface area contributed by atoms with E-state index in [1.807, 2.05) is 6.07 Å². The number of hydrogen-bond acceptors (Lipinski definition) is 2. The van der Waals surface area contributed by atoms with E-state index >= 15 is 0 Å². The molecule has 1 rings (SSSR count). The molecule has 0 aliphatic heterocycles. The van der Waals surface area contributed by atoms with Crippen LogP contribution in [0.3, 0.4) is 0 Å². The van der Waals surface area contributed by atoms with Crippen molar-refractivity contribution < 1.29 is 10.2 Å². The van der Waals surface area contributed by atoms with Gasteiger partial charge in [-0.3, -0.25) is 0 Å². The Morgan fingerprint density at radius 3 is 2.14 bits per heavy atom. The second kappa shape index (κ2) is 7.95. The van der Waals surface area contributed by atoms with E-state index in [9.17, 15) is 10.2 Å². The molecule has 116 valence electrons. The van der Waals surface area contributed by atoms with Gasteiger partial charge in [0, 0.05) is 18.9 Å². The van der Waals surface area contributed by atoms with E-state index < -0.39 is 16.1 Å². The molecule has 1 aromatic carbocycles. The molecule has 0 spiro atoms. The Hall–Kier alpha value is -0.866. The summed E-state index contributed by atoms with van der Waals surface area (Å²) >= 11 is 0. The second-order valence-corrected chi connectivity index (χ2v) is 16.3. The summed E-state index contributed by atoms with van der Waals surface area (Å²) in [5.74, 6) is 3.27. The van der Waals surface area contributed by atoms with Crippen molar-refractivity contribution in [3.8, 4) is 11.5 Å². The van der Waals surface area contributed by atoms with E-state index in [0.29, 0.717) is 11.8 Å². The van der Waals surface area contributed by atoms with Crippen molar-refractivity contribution in [2.24, 2.45) is 0 Å². The van der Waals surface area contributed by atoms with E-state index in [4.69, 9.17) is 0 Å². The van der Waals surface area contributed by atoms with Crippen molar-refractivity contribution >= 4 is 16.1 Å². The summed E-state index contributed by atoms with van der Waals surface area (Å²) in [5.41, 5.74) is 5.03. The van der Waals surface area contributed by atoms with E-state index in [0.717, 1.165) is 12.8 Å². The highest BCUT2D eigenvalue weighted by Crippen LogP contribution is 2.30. The average Bonchev–Trinajstić information content (AvgIpc) is 2.47. The van der Waals surface area contributed by atoms with Gasteiger partial charge in [-0.1, -0.05) is 56.5 Å². The predicted octanol–water partition coefficient (Wildman–Crippen LogP) is 3.11. The van der Waals surface area contributed by atoms with Crippen LogP contribution in [0.25, 0.3) is 0 Å². The van der Waals surface area contributed by atoms with E-state index in [-0.39, 0.29) is 6.23 Å². The first-order chi connectivity index (χ1) is 9.82. The molecule has 0 aliphatic rings. The van der Waals surface area contributed by atoms with Gasteiger partial charge in [-0.2, -0.15) is 0 Å². The summed E-state index contributed by atoms with van der Waals surface area (Å²) in [6.07, 6.45) is 2.36. The monoisotopic (exact) mass is 320 g/mol. The van der Waals surface area contributed by atoms with Crippen molar-refractivity contribution in [2.45, 2.75) is 44.6 Å². The maximum absolute atomic E-state index is 9.75. The van der Waals surface area contributed by atoms with Crippen LogP contribution in [0.5, 0.6) is 0 Å². The standard InChI is InChI=1S/C17H28O2Si2/c1-20(2,14-18)13-9-8-12-17(21(3,4)15-19)16-10-6-5-7-11-16/h5-7,10-11,17-19H,8,12,14-15H2,1-4H3. The zero-order valence-electron chi connectivity index (χ0n) is 13.7. The lowest BCUT2D eigenvalue weighted by Crippen LogP contribution is -2.39. The smallest absolute Gasteiger partial charge is 0.158 e. The third-order valence-electron chi connectivity index (χ3n) is 3.93. The molecule has 0 aliphatic carbocycles. The van der Waals surface area contributed by atoms with Crippen molar-refractivity contribution in [3.63, 3.8) is 0 Å². The van der Waals surface area contributed by atoms with Gasteiger partial charge in [-0.15, -0.1) is 11.5 Å². The van der Waals surface area contributed by atoms with Crippen molar-refractivity contribution in [1.82, 2.24) is 0 Å². The quantitative estimate of drug-likeness (QED) is 0.624. The first-order valence-electron chi connectivity index (χ1n) is 7.59. The average molecular weight is 321 g/mol. The Morgan fingerprint density at radius 1 is 1.00 bits per heavy atom. The Balaban J connectivity index is 2.81. The van der Waals surface area contributed by atoms with Crippen LogP contribution < -0.4 is 0 Å².